The molecule has 23 heavy (non-hydrogen) atoms. The zero-order valence-corrected chi connectivity index (χ0v) is 13.0. The molecule has 1 fully saturated rings. The van der Waals surface area contributed by atoms with Crippen LogP contribution in [0, 0.1) is 11.8 Å². The molecule has 1 heterocycles. The van der Waals surface area contributed by atoms with Crippen molar-refractivity contribution in [3.8, 4) is 0 Å². The molecule has 1 aliphatic rings. The number of alkyl halides is 3. The van der Waals surface area contributed by atoms with Crippen molar-refractivity contribution in [3.63, 3.8) is 0 Å². The molecule has 2 N–H and O–H groups in total. The minimum atomic E-state index is -4.59. The summed E-state index contributed by atoms with van der Waals surface area (Å²) in [6, 6.07) is 0. The molecule has 0 bridgehead atoms. The third-order valence-corrected chi connectivity index (χ3v) is 3.80. The first-order valence-electron chi connectivity index (χ1n) is 6.68. The number of rotatable bonds is 3. The highest BCUT2D eigenvalue weighted by molar-refractivity contribution is 5.96. The van der Waals surface area contributed by atoms with Gasteiger partial charge in [0.2, 0.25) is 11.8 Å². The molecule has 6 nitrogen and oxygen atoms in total. The highest BCUT2D eigenvalue weighted by Gasteiger charge is 2.39. The lowest BCUT2D eigenvalue weighted by molar-refractivity contribution is -0.141. The topological polar surface area (TPSA) is 89.2 Å². The summed E-state index contributed by atoms with van der Waals surface area (Å²) in [6.45, 7) is 0. The van der Waals surface area contributed by atoms with Gasteiger partial charge in [-0.2, -0.15) is 13.2 Å². The van der Waals surface area contributed by atoms with E-state index in [2.05, 4.69) is 9.97 Å². The monoisotopic (exact) mass is 352 g/mol. The van der Waals surface area contributed by atoms with Crippen molar-refractivity contribution in [3.05, 3.63) is 18.1 Å². The van der Waals surface area contributed by atoms with E-state index in [9.17, 15) is 22.8 Å². The van der Waals surface area contributed by atoms with Gasteiger partial charge in [-0.15, -0.1) is 12.4 Å². The van der Waals surface area contributed by atoms with Gasteiger partial charge in [-0.05, 0) is 12.8 Å². The van der Waals surface area contributed by atoms with Crippen molar-refractivity contribution in [1.29, 1.82) is 0 Å². The number of primary amides is 1. The Morgan fingerprint density at radius 3 is 2.30 bits per heavy atom. The van der Waals surface area contributed by atoms with E-state index in [1.807, 2.05) is 0 Å². The van der Waals surface area contributed by atoms with Gasteiger partial charge >= 0.3 is 6.18 Å². The maximum atomic E-state index is 12.4. The van der Waals surface area contributed by atoms with Crippen molar-refractivity contribution >= 4 is 30.0 Å². The molecule has 2 amide bonds. The number of carbonyl (C=O) groups is 2. The molecule has 2 rings (SSSR count). The zero-order chi connectivity index (χ0) is 16.5. The molecule has 128 valence electrons. The van der Waals surface area contributed by atoms with Crippen LogP contribution in [0.3, 0.4) is 0 Å². The summed E-state index contributed by atoms with van der Waals surface area (Å²) in [5.74, 6) is -2.05. The summed E-state index contributed by atoms with van der Waals surface area (Å²) in [5.41, 5.74) is 4.14. The summed E-state index contributed by atoms with van der Waals surface area (Å²) >= 11 is 0. The number of aromatic nitrogens is 2. The Hall–Kier alpha value is -1.90. The van der Waals surface area contributed by atoms with Crippen molar-refractivity contribution in [2.45, 2.75) is 25.4 Å². The Bertz CT molecular complexity index is 580. The van der Waals surface area contributed by atoms with E-state index in [0.29, 0.717) is 25.5 Å². The molecule has 10 heteroatoms. The SMILES string of the molecule is CN(C(=O)[C@H]1CCC[C@@H]1C(N)=O)c1cnc(C(F)(F)F)cn1.Cl. The average molecular weight is 353 g/mol. The Morgan fingerprint density at radius 1 is 1.22 bits per heavy atom. The number of halogens is 4. The molecule has 1 aromatic heterocycles. The van der Waals surface area contributed by atoms with E-state index < -0.39 is 35.5 Å². The molecule has 1 saturated carbocycles. The molecule has 0 spiro atoms. The molecule has 0 saturated heterocycles. The van der Waals surface area contributed by atoms with Gasteiger partial charge in [0, 0.05) is 13.0 Å². The molecule has 1 aliphatic carbocycles. The number of hydrogen-bond acceptors (Lipinski definition) is 4. The Kier molecular flexibility index (Phi) is 5.92. The van der Waals surface area contributed by atoms with Crippen LogP contribution in [0.4, 0.5) is 19.0 Å². The largest absolute Gasteiger partial charge is 0.434 e. The van der Waals surface area contributed by atoms with Gasteiger partial charge in [0.25, 0.3) is 0 Å². The number of nitrogens with two attached hydrogens (primary N) is 1. The van der Waals surface area contributed by atoms with E-state index in [-0.39, 0.29) is 18.2 Å². The van der Waals surface area contributed by atoms with Crippen molar-refractivity contribution in [2.75, 3.05) is 11.9 Å². The first-order chi connectivity index (χ1) is 10.2. The third kappa shape index (κ3) is 4.10. The van der Waals surface area contributed by atoms with E-state index in [1.54, 1.807) is 0 Å². The fraction of sp³-hybridized carbons (Fsp3) is 0.538. The fourth-order valence-electron chi connectivity index (χ4n) is 2.60. The van der Waals surface area contributed by atoms with Gasteiger partial charge in [0.05, 0.1) is 18.3 Å². The Morgan fingerprint density at radius 2 is 1.83 bits per heavy atom. The van der Waals surface area contributed by atoms with Gasteiger partial charge in [-0.25, -0.2) is 9.97 Å². The number of anilines is 1. The maximum absolute atomic E-state index is 12.4. The van der Waals surface area contributed by atoms with Crippen LogP contribution in [-0.2, 0) is 15.8 Å². The predicted molar refractivity (Wildman–Crippen MR) is 77.7 cm³/mol. The van der Waals surface area contributed by atoms with Crippen molar-refractivity contribution in [1.82, 2.24) is 9.97 Å². The summed E-state index contributed by atoms with van der Waals surface area (Å²) in [5, 5.41) is 0. The third-order valence-electron chi connectivity index (χ3n) is 3.80. The molecule has 0 unspecified atom stereocenters. The second kappa shape index (κ2) is 7.12. The summed E-state index contributed by atoms with van der Waals surface area (Å²) < 4.78 is 37.3. The quantitative estimate of drug-likeness (QED) is 0.898. The number of carbonyl (C=O) groups excluding carboxylic acids is 2. The minimum absolute atomic E-state index is 0. The second-order valence-electron chi connectivity index (χ2n) is 5.20. The fourth-order valence-corrected chi connectivity index (χ4v) is 2.60. The maximum Gasteiger partial charge on any atom is 0.434 e. The van der Waals surface area contributed by atoms with Crippen molar-refractivity contribution in [2.24, 2.45) is 17.6 Å². The minimum Gasteiger partial charge on any atom is -0.369 e. The Balaban J connectivity index is 0.00000264. The zero-order valence-electron chi connectivity index (χ0n) is 12.2. The molecule has 0 aliphatic heterocycles. The molecule has 0 radical (unpaired) electrons. The lowest BCUT2D eigenvalue weighted by Gasteiger charge is -2.23. The smallest absolute Gasteiger partial charge is 0.369 e. The highest BCUT2D eigenvalue weighted by Crippen LogP contribution is 2.33. The van der Waals surface area contributed by atoms with Crippen LogP contribution in [0.2, 0.25) is 0 Å². The Labute approximate surface area is 136 Å². The summed E-state index contributed by atoms with van der Waals surface area (Å²) in [7, 11) is 1.38. The van der Waals surface area contributed by atoms with E-state index in [0.717, 1.165) is 11.1 Å². The number of amides is 2. The normalized spacial score (nSPS) is 20.7. The van der Waals surface area contributed by atoms with Gasteiger partial charge in [0.1, 0.15) is 0 Å². The van der Waals surface area contributed by atoms with Gasteiger partial charge in [-0.3, -0.25) is 14.5 Å². The number of hydrogen-bond donors (Lipinski definition) is 1. The molecular weight excluding hydrogens is 337 g/mol. The first kappa shape index (κ1) is 19.1. The van der Waals surface area contributed by atoms with Crippen LogP contribution in [-0.4, -0.2) is 28.8 Å². The summed E-state index contributed by atoms with van der Waals surface area (Å²) in [6.07, 6.45) is -1.37. The molecule has 0 aromatic carbocycles. The lowest BCUT2D eigenvalue weighted by atomic mass is 9.94. The van der Waals surface area contributed by atoms with Crippen LogP contribution in [0.5, 0.6) is 0 Å². The van der Waals surface area contributed by atoms with E-state index in [1.165, 1.54) is 7.05 Å². The van der Waals surface area contributed by atoms with Crippen molar-refractivity contribution < 1.29 is 22.8 Å². The highest BCUT2D eigenvalue weighted by atomic mass is 35.5. The average Bonchev–Trinajstić information content (AvgIpc) is 2.94. The number of nitrogens with zero attached hydrogens (tertiary/aromatic N) is 3. The molecule has 1 aromatic rings. The van der Waals surface area contributed by atoms with Gasteiger partial charge in [0.15, 0.2) is 11.5 Å². The molecule has 2 atom stereocenters. The van der Waals surface area contributed by atoms with E-state index >= 15 is 0 Å². The summed E-state index contributed by atoms with van der Waals surface area (Å²) in [4.78, 5) is 31.7. The van der Waals surface area contributed by atoms with Crippen LogP contribution >= 0.6 is 12.4 Å². The van der Waals surface area contributed by atoms with Crippen LogP contribution in [0.25, 0.3) is 0 Å². The predicted octanol–water partition coefficient (Wildman–Crippen LogP) is 1.78. The van der Waals surface area contributed by atoms with Crippen LogP contribution < -0.4 is 10.6 Å². The standard InChI is InChI=1S/C13H15F3N4O2.ClH/c1-20(10-6-18-9(5-19-10)13(14,15)16)12(22)8-4-2-3-7(8)11(17)21;/h5-8H,2-4H2,1H3,(H2,17,21);1H/t7-,8-;/m0./s1. The van der Waals surface area contributed by atoms with Crippen LogP contribution in [0.15, 0.2) is 12.4 Å². The second-order valence-corrected chi connectivity index (χ2v) is 5.20. The molecular formula is C13H16ClF3N4O2. The van der Waals surface area contributed by atoms with Gasteiger partial charge < -0.3 is 5.73 Å². The first-order valence-corrected chi connectivity index (χ1v) is 6.68. The van der Waals surface area contributed by atoms with Crippen LogP contribution in [0.1, 0.15) is 25.0 Å². The van der Waals surface area contributed by atoms with E-state index in [4.69, 9.17) is 5.73 Å². The van der Waals surface area contributed by atoms with Gasteiger partial charge in [-0.1, -0.05) is 6.42 Å². The lowest BCUT2D eigenvalue weighted by Crippen LogP contribution is -2.39.